The lowest BCUT2D eigenvalue weighted by Crippen LogP contribution is -2.18. The first kappa shape index (κ1) is 23.2. The minimum atomic E-state index is 0.512. The molecule has 1 aromatic rings. The molecule has 0 aliphatic carbocycles. The van der Waals surface area contributed by atoms with E-state index in [4.69, 9.17) is 4.74 Å². The van der Waals surface area contributed by atoms with Crippen molar-refractivity contribution in [1.29, 1.82) is 0 Å². The molecule has 0 aliphatic heterocycles. The highest BCUT2D eigenvalue weighted by Crippen LogP contribution is 2.27. The summed E-state index contributed by atoms with van der Waals surface area (Å²) in [5.41, 5.74) is 5.24. The number of nitrogens with zero attached hydrogens (tertiary/aromatic N) is 1. The van der Waals surface area contributed by atoms with Crippen LogP contribution in [-0.2, 0) is 4.74 Å². The van der Waals surface area contributed by atoms with Crippen LogP contribution in [0.1, 0.15) is 59.9 Å². The summed E-state index contributed by atoms with van der Waals surface area (Å²) < 4.78 is 5.84. The molecule has 0 amide bonds. The number of rotatable bonds is 12. The molecule has 0 saturated carbocycles. The third-order valence-corrected chi connectivity index (χ3v) is 4.67. The van der Waals surface area contributed by atoms with Gasteiger partial charge in [-0.3, -0.25) is 0 Å². The van der Waals surface area contributed by atoms with E-state index in [9.17, 15) is 0 Å². The highest BCUT2D eigenvalue weighted by molar-refractivity contribution is 5.79. The van der Waals surface area contributed by atoms with Gasteiger partial charge in [0.25, 0.3) is 0 Å². The quantitative estimate of drug-likeness (QED) is 0.300. The van der Waals surface area contributed by atoms with E-state index >= 15 is 0 Å². The Bertz CT molecular complexity index is 604. The predicted molar refractivity (Wildman–Crippen MR) is 120 cm³/mol. The Morgan fingerprint density at radius 2 is 1.74 bits per heavy atom. The van der Waals surface area contributed by atoms with Crippen molar-refractivity contribution in [1.82, 2.24) is 4.90 Å². The molecule has 0 aromatic heterocycles. The van der Waals surface area contributed by atoms with Crippen LogP contribution in [0.3, 0.4) is 0 Å². The molecule has 0 bridgehead atoms. The van der Waals surface area contributed by atoms with E-state index in [1.165, 1.54) is 22.3 Å². The van der Waals surface area contributed by atoms with Crippen LogP contribution in [0.4, 0.5) is 0 Å². The van der Waals surface area contributed by atoms with Crippen molar-refractivity contribution < 1.29 is 4.74 Å². The third-order valence-electron chi connectivity index (χ3n) is 4.67. The fourth-order valence-corrected chi connectivity index (χ4v) is 3.03. The maximum absolute atomic E-state index is 5.84. The number of benzene rings is 1. The lowest BCUT2D eigenvalue weighted by atomic mass is 9.93. The number of hydrogen-bond donors (Lipinski definition) is 0. The van der Waals surface area contributed by atoms with Crippen LogP contribution in [0.2, 0.25) is 0 Å². The van der Waals surface area contributed by atoms with Gasteiger partial charge in [-0.1, -0.05) is 55.0 Å². The zero-order valence-electron chi connectivity index (χ0n) is 18.3. The average Bonchev–Trinajstić information content (AvgIpc) is 2.67. The van der Waals surface area contributed by atoms with Gasteiger partial charge < -0.3 is 9.64 Å². The minimum absolute atomic E-state index is 0.512. The number of hydrogen-bond acceptors (Lipinski definition) is 2. The van der Waals surface area contributed by atoms with Gasteiger partial charge in [-0.05, 0) is 64.5 Å². The number of ether oxygens (including phenoxy) is 1. The standard InChI is InChI=1S/C25H39NO/c1-7-26(8-2)19-24(20-27-9-3)25(23-16-11-10-12-17-23)18-22(6)15-13-14-21(4)5/h10-12,14,16-19,22H,7-9,13,15,20H2,1-6H3/b24-19+,25-18+/t22-/m0/s1. The van der Waals surface area contributed by atoms with Crippen LogP contribution >= 0.6 is 0 Å². The summed E-state index contributed by atoms with van der Waals surface area (Å²) in [6, 6.07) is 10.7. The van der Waals surface area contributed by atoms with E-state index in [1.807, 2.05) is 0 Å². The van der Waals surface area contributed by atoms with Crippen molar-refractivity contribution in [2.45, 2.75) is 54.4 Å². The molecule has 27 heavy (non-hydrogen) atoms. The Hall–Kier alpha value is -1.80. The van der Waals surface area contributed by atoms with E-state index in [-0.39, 0.29) is 0 Å². The van der Waals surface area contributed by atoms with Crippen molar-refractivity contribution >= 4 is 5.57 Å². The third kappa shape index (κ3) is 9.10. The lowest BCUT2D eigenvalue weighted by molar-refractivity contribution is 0.172. The van der Waals surface area contributed by atoms with Gasteiger partial charge in [0.05, 0.1) is 6.61 Å². The van der Waals surface area contributed by atoms with Gasteiger partial charge in [0.2, 0.25) is 0 Å². The van der Waals surface area contributed by atoms with Crippen LogP contribution in [0.25, 0.3) is 5.57 Å². The average molecular weight is 370 g/mol. The van der Waals surface area contributed by atoms with E-state index in [1.54, 1.807) is 0 Å². The molecule has 0 N–H and O–H groups in total. The summed E-state index contributed by atoms with van der Waals surface area (Å²) in [7, 11) is 0. The molecule has 2 nitrogen and oxygen atoms in total. The smallest absolute Gasteiger partial charge is 0.0736 e. The second-order valence-corrected chi connectivity index (χ2v) is 7.30. The van der Waals surface area contributed by atoms with Gasteiger partial charge in [-0.25, -0.2) is 0 Å². The molecule has 0 unspecified atom stereocenters. The van der Waals surface area contributed by atoms with E-state index in [0.29, 0.717) is 12.5 Å². The lowest BCUT2D eigenvalue weighted by Gasteiger charge is -2.21. The molecule has 1 rings (SSSR count). The second kappa shape index (κ2) is 13.4. The van der Waals surface area contributed by atoms with Gasteiger partial charge in [0, 0.05) is 31.5 Å². The van der Waals surface area contributed by atoms with Gasteiger partial charge >= 0.3 is 0 Å². The first-order valence-corrected chi connectivity index (χ1v) is 10.4. The summed E-state index contributed by atoms with van der Waals surface area (Å²) in [5.74, 6) is 0.512. The second-order valence-electron chi connectivity index (χ2n) is 7.30. The van der Waals surface area contributed by atoms with E-state index in [2.05, 4.69) is 95.1 Å². The molecule has 0 spiro atoms. The highest BCUT2D eigenvalue weighted by atomic mass is 16.5. The molecule has 2 heteroatoms. The monoisotopic (exact) mass is 369 g/mol. The first-order valence-electron chi connectivity index (χ1n) is 10.4. The first-order chi connectivity index (χ1) is 13.0. The minimum Gasteiger partial charge on any atom is -0.378 e. The molecule has 0 heterocycles. The summed E-state index contributed by atoms with van der Waals surface area (Å²) in [5, 5.41) is 0. The van der Waals surface area contributed by atoms with Gasteiger partial charge in [0.1, 0.15) is 0 Å². The zero-order chi connectivity index (χ0) is 20.1. The van der Waals surface area contributed by atoms with Crippen molar-refractivity contribution in [3.63, 3.8) is 0 Å². The van der Waals surface area contributed by atoms with Crippen molar-refractivity contribution in [3.8, 4) is 0 Å². The van der Waals surface area contributed by atoms with Gasteiger partial charge in [-0.15, -0.1) is 0 Å². The molecule has 0 radical (unpaired) electrons. The summed E-state index contributed by atoms with van der Waals surface area (Å²) in [6.45, 7) is 16.5. The molecule has 150 valence electrons. The highest BCUT2D eigenvalue weighted by Gasteiger charge is 2.12. The summed E-state index contributed by atoms with van der Waals surface area (Å²) >= 11 is 0. The summed E-state index contributed by atoms with van der Waals surface area (Å²) in [4.78, 5) is 2.35. The van der Waals surface area contributed by atoms with Gasteiger partial charge in [0.15, 0.2) is 0 Å². The molecule has 1 aromatic carbocycles. The SMILES string of the molecule is CCOCC(=C\N(CC)CC)/C(=C/[C@@H](C)CCC=C(C)C)c1ccccc1. The maximum atomic E-state index is 5.84. The van der Waals surface area contributed by atoms with Crippen LogP contribution in [0.15, 0.2) is 59.8 Å². The Balaban J connectivity index is 3.23. The molecular weight excluding hydrogens is 330 g/mol. The number of allylic oxidation sites excluding steroid dienone is 3. The molecular formula is C25H39NO. The summed E-state index contributed by atoms with van der Waals surface area (Å²) in [6.07, 6.45) is 9.34. The van der Waals surface area contributed by atoms with Crippen LogP contribution in [0, 0.1) is 5.92 Å². The van der Waals surface area contributed by atoms with Crippen LogP contribution < -0.4 is 0 Å². The largest absolute Gasteiger partial charge is 0.378 e. The Morgan fingerprint density at radius 3 is 2.30 bits per heavy atom. The normalized spacial score (nSPS) is 13.4. The topological polar surface area (TPSA) is 12.5 Å². The van der Waals surface area contributed by atoms with E-state index < -0.39 is 0 Å². The molecule has 1 atom stereocenters. The Kier molecular flexibility index (Phi) is 11.5. The fourth-order valence-electron chi connectivity index (χ4n) is 3.03. The van der Waals surface area contributed by atoms with Crippen LogP contribution in [0.5, 0.6) is 0 Å². The molecule has 0 saturated heterocycles. The Labute approximate surface area is 167 Å². The van der Waals surface area contributed by atoms with Crippen molar-refractivity contribution in [3.05, 3.63) is 65.4 Å². The maximum Gasteiger partial charge on any atom is 0.0736 e. The Morgan fingerprint density at radius 1 is 1.07 bits per heavy atom. The molecule has 0 fully saturated rings. The predicted octanol–water partition coefficient (Wildman–Crippen LogP) is 6.71. The van der Waals surface area contributed by atoms with Crippen LogP contribution in [-0.4, -0.2) is 31.2 Å². The van der Waals surface area contributed by atoms with Gasteiger partial charge in [-0.2, -0.15) is 0 Å². The fraction of sp³-hybridized carbons (Fsp3) is 0.520. The van der Waals surface area contributed by atoms with Crippen molar-refractivity contribution in [2.75, 3.05) is 26.3 Å². The zero-order valence-corrected chi connectivity index (χ0v) is 18.3. The van der Waals surface area contributed by atoms with E-state index in [0.717, 1.165) is 32.5 Å². The van der Waals surface area contributed by atoms with Crippen molar-refractivity contribution in [2.24, 2.45) is 5.92 Å². The molecule has 0 aliphatic rings.